The van der Waals surface area contributed by atoms with E-state index in [0.29, 0.717) is 23.8 Å². The van der Waals surface area contributed by atoms with Crippen LogP contribution >= 0.6 is 11.6 Å². The van der Waals surface area contributed by atoms with E-state index in [1.165, 1.54) is 10.7 Å². The number of benzene rings is 1. The standard InChI is InChI=1S/C24H30ClN5O3/c1-3-12-29-22(32)20-13-19(21(31)26-14-16-8-10-17(25)11-9-16)28-30(20)15-24(29,2)23(33)27-18-6-4-5-7-18/h8-11,13,18H,3-7,12,14-15H2,1-2H3,(H,26,31)(H,27,33)/t24-/m0/s1. The summed E-state index contributed by atoms with van der Waals surface area (Å²) in [5.74, 6) is -0.818. The van der Waals surface area contributed by atoms with Crippen LogP contribution in [0.3, 0.4) is 0 Å². The molecule has 9 heteroatoms. The summed E-state index contributed by atoms with van der Waals surface area (Å²) in [6, 6.07) is 8.86. The van der Waals surface area contributed by atoms with Crippen molar-refractivity contribution >= 4 is 29.3 Å². The Morgan fingerprint density at radius 1 is 1.21 bits per heavy atom. The molecule has 1 saturated carbocycles. The van der Waals surface area contributed by atoms with Crippen LogP contribution in [0.4, 0.5) is 0 Å². The zero-order chi connectivity index (χ0) is 23.6. The summed E-state index contributed by atoms with van der Waals surface area (Å²) in [7, 11) is 0. The number of nitrogens with zero attached hydrogens (tertiary/aromatic N) is 3. The summed E-state index contributed by atoms with van der Waals surface area (Å²) < 4.78 is 1.50. The molecular formula is C24H30ClN5O3. The minimum absolute atomic E-state index is 0.154. The summed E-state index contributed by atoms with van der Waals surface area (Å²) in [6.07, 6.45) is 4.87. The molecule has 176 valence electrons. The van der Waals surface area contributed by atoms with Crippen LogP contribution in [0.25, 0.3) is 0 Å². The van der Waals surface area contributed by atoms with Crippen LogP contribution in [0.1, 0.15) is 72.5 Å². The van der Waals surface area contributed by atoms with E-state index in [4.69, 9.17) is 11.6 Å². The number of hydrogen-bond acceptors (Lipinski definition) is 4. The van der Waals surface area contributed by atoms with Crippen molar-refractivity contribution in [3.05, 3.63) is 52.3 Å². The highest BCUT2D eigenvalue weighted by atomic mass is 35.5. The van der Waals surface area contributed by atoms with Crippen LogP contribution in [-0.4, -0.2) is 50.5 Å². The molecule has 0 unspecified atom stereocenters. The van der Waals surface area contributed by atoms with Gasteiger partial charge in [0.05, 0.1) is 6.54 Å². The molecule has 1 aromatic carbocycles. The number of halogens is 1. The van der Waals surface area contributed by atoms with Crippen LogP contribution in [0, 0.1) is 0 Å². The van der Waals surface area contributed by atoms with Crippen molar-refractivity contribution in [2.24, 2.45) is 0 Å². The largest absolute Gasteiger partial charge is 0.351 e. The molecule has 0 spiro atoms. The maximum atomic E-state index is 13.4. The molecule has 1 aliphatic carbocycles. The minimum atomic E-state index is -1.06. The molecule has 4 rings (SSSR count). The van der Waals surface area contributed by atoms with Crippen molar-refractivity contribution in [1.82, 2.24) is 25.3 Å². The molecule has 8 nitrogen and oxygen atoms in total. The Morgan fingerprint density at radius 3 is 2.58 bits per heavy atom. The zero-order valence-corrected chi connectivity index (χ0v) is 19.8. The summed E-state index contributed by atoms with van der Waals surface area (Å²) in [4.78, 5) is 41.0. The highest BCUT2D eigenvalue weighted by Gasteiger charge is 2.48. The van der Waals surface area contributed by atoms with Gasteiger partial charge in [-0.2, -0.15) is 5.10 Å². The van der Waals surface area contributed by atoms with Gasteiger partial charge in [0.1, 0.15) is 11.2 Å². The second-order valence-electron chi connectivity index (χ2n) is 9.07. The maximum absolute atomic E-state index is 13.4. The summed E-state index contributed by atoms with van der Waals surface area (Å²) in [5.41, 5.74) is 0.319. The summed E-state index contributed by atoms with van der Waals surface area (Å²) in [5, 5.41) is 11.0. The highest BCUT2D eigenvalue weighted by molar-refractivity contribution is 6.30. The fourth-order valence-corrected chi connectivity index (χ4v) is 4.74. The third-order valence-corrected chi connectivity index (χ3v) is 6.78. The average Bonchev–Trinajstić information content (AvgIpc) is 3.46. The topological polar surface area (TPSA) is 96.3 Å². The highest BCUT2D eigenvalue weighted by Crippen LogP contribution is 2.29. The molecule has 0 bridgehead atoms. The van der Waals surface area contributed by atoms with Gasteiger partial charge in [0.25, 0.3) is 11.8 Å². The number of fused-ring (bicyclic) bond motifs is 1. The third-order valence-electron chi connectivity index (χ3n) is 6.52. The molecule has 1 aliphatic heterocycles. The van der Waals surface area contributed by atoms with Crippen molar-refractivity contribution in [3.63, 3.8) is 0 Å². The number of aromatic nitrogens is 2. The number of nitrogens with one attached hydrogen (secondary N) is 2. The Kier molecular flexibility index (Phi) is 6.74. The maximum Gasteiger partial charge on any atom is 0.273 e. The first kappa shape index (κ1) is 23.3. The first-order valence-corrected chi connectivity index (χ1v) is 11.9. The van der Waals surface area contributed by atoms with E-state index >= 15 is 0 Å². The van der Waals surface area contributed by atoms with E-state index in [1.54, 1.807) is 24.0 Å². The van der Waals surface area contributed by atoms with Gasteiger partial charge in [-0.3, -0.25) is 19.1 Å². The fraction of sp³-hybridized carbons (Fsp3) is 0.500. The Balaban J connectivity index is 1.53. The van der Waals surface area contributed by atoms with Crippen molar-refractivity contribution < 1.29 is 14.4 Å². The Morgan fingerprint density at radius 2 is 1.91 bits per heavy atom. The van der Waals surface area contributed by atoms with Crippen LogP contribution in [0.2, 0.25) is 5.02 Å². The number of hydrogen-bond donors (Lipinski definition) is 2. The molecule has 2 N–H and O–H groups in total. The number of amides is 3. The zero-order valence-electron chi connectivity index (χ0n) is 19.1. The van der Waals surface area contributed by atoms with Gasteiger partial charge in [-0.15, -0.1) is 0 Å². The second kappa shape index (κ2) is 9.55. The minimum Gasteiger partial charge on any atom is -0.351 e. The fourth-order valence-electron chi connectivity index (χ4n) is 4.61. The monoisotopic (exact) mass is 471 g/mol. The van der Waals surface area contributed by atoms with E-state index in [-0.39, 0.29) is 36.0 Å². The number of rotatable bonds is 7. The molecule has 1 aromatic heterocycles. The molecular weight excluding hydrogens is 442 g/mol. The quantitative estimate of drug-likeness (QED) is 0.648. The molecule has 1 fully saturated rings. The normalized spacial score (nSPS) is 20.6. The predicted molar refractivity (Wildman–Crippen MR) is 125 cm³/mol. The lowest BCUT2D eigenvalue weighted by Gasteiger charge is -2.43. The van der Waals surface area contributed by atoms with Crippen molar-refractivity contribution in [3.8, 4) is 0 Å². The molecule has 0 radical (unpaired) electrons. The van der Waals surface area contributed by atoms with Gasteiger partial charge in [-0.1, -0.05) is 43.5 Å². The van der Waals surface area contributed by atoms with Gasteiger partial charge >= 0.3 is 0 Å². The molecule has 1 atom stereocenters. The molecule has 0 saturated heterocycles. The Labute approximate surface area is 198 Å². The van der Waals surface area contributed by atoms with Crippen LogP contribution in [-0.2, 0) is 17.9 Å². The van der Waals surface area contributed by atoms with Crippen molar-refractivity contribution in [1.29, 1.82) is 0 Å². The third kappa shape index (κ3) is 4.76. The Bertz CT molecular complexity index is 1040. The van der Waals surface area contributed by atoms with Gasteiger partial charge in [-0.05, 0) is 43.9 Å². The van der Waals surface area contributed by atoms with Gasteiger partial charge in [-0.25, -0.2) is 0 Å². The van der Waals surface area contributed by atoms with E-state index < -0.39 is 5.54 Å². The first-order valence-electron chi connectivity index (χ1n) is 11.5. The van der Waals surface area contributed by atoms with E-state index in [9.17, 15) is 14.4 Å². The van der Waals surface area contributed by atoms with E-state index in [0.717, 1.165) is 37.7 Å². The predicted octanol–water partition coefficient (Wildman–Crippen LogP) is 3.15. The van der Waals surface area contributed by atoms with Crippen LogP contribution in [0.5, 0.6) is 0 Å². The smallest absolute Gasteiger partial charge is 0.273 e. The SMILES string of the molecule is CCCN1C(=O)c2cc(C(=O)NCc3ccc(Cl)cc3)nn2C[C@@]1(C)C(=O)NC1CCCC1. The van der Waals surface area contributed by atoms with E-state index in [2.05, 4.69) is 15.7 Å². The summed E-state index contributed by atoms with van der Waals surface area (Å²) >= 11 is 5.90. The molecule has 2 heterocycles. The lowest BCUT2D eigenvalue weighted by Crippen LogP contribution is -2.65. The molecule has 3 amide bonds. The first-order chi connectivity index (χ1) is 15.8. The molecule has 2 aliphatic rings. The second-order valence-corrected chi connectivity index (χ2v) is 9.50. The lowest BCUT2D eigenvalue weighted by molar-refractivity contribution is -0.133. The summed E-state index contributed by atoms with van der Waals surface area (Å²) in [6.45, 7) is 4.74. The molecule has 2 aromatic rings. The van der Waals surface area contributed by atoms with Crippen LogP contribution in [0.15, 0.2) is 30.3 Å². The van der Waals surface area contributed by atoms with Gasteiger partial charge < -0.3 is 15.5 Å². The Hall–Kier alpha value is -2.87. The van der Waals surface area contributed by atoms with Gasteiger partial charge in [0, 0.05) is 30.2 Å². The van der Waals surface area contributed by atoms with Crippen molar-refractivity contribution in [2.45, 2.75) is 70.6 Å². The average molecular weight is 472 g/mol. The molecule has 33 heavy (non-hydrogen) atoms. The number of carbonyl (C=O) groups excluding carboxylic acids is 3. The van der Waals surface area contributed by atoms with Gasteiger partial charge in [0.15, 0.2) is 5.69 Å². The number of carbonyl (C=O) groups is 3. The van der Waals surface area contributed by atoms with Crippen molar-refractivity contribution in [2.75, 3.05) is 6.54 Å². The van der Waals surface area contributed by atoms with E-state index in [1.807, 2.05) is 19.1 Å². The lowest BCUT2D eigenvalue weighted by atomic mass is 9.94. The van der Waals surface area contributed by atoms with Crippen LogP contribution < -0.4 is 10.6 Å². The van der Waals surface area contributed by atoms with Gasteiger partial charge in [0.2, 0.25) is 5.91 Å².